The quantitative estimate of drug-likeness (QED) is 0.784. The molecule has 0 aliphatic carbocycles. The summed E-state index contributed by atoms with van der Waals surface area (Å²) in [6.07, 6.45) is 7.11. The van der Waals surface area contributed by atoms with E-state index < -0.39 is 6.04 Å². The van der Waals surface area contributed by atoms with E-state index in [1.54, 1.807) is 12.5 Å². The van der Waals surface area contributed by atoms with E-state index in [4.69, 9.17) is 5.73 Å². The average Bonchev–Trinajstić information content (AvgIpc) is 3.15. The monoisotopic (exact) mass is 427 g/mol. The van der Waals surface area contributed by atoms with Gasteiger partial charge < -0.3 is 20.4 Å². The molecule has 1 fully saturated rings. The number of rotatable bonds is 4. The van der Waals surface area contributed by atoms with Crippen LogP contribution in [0.4, 0.5) is 0 Å². The van der Waals surface area contributed by atoms with Gasteiger partial charge in [0, 0.05) is 25.3 Å². The van der Waals surface area contributed by atoms with Gasteiger partial charge in [0.15, 0.2) is 0 Å². The van der Waals surface area contributed by atoms with E-state index in [1.165, 1.54) is 0 Å². The Morgan fingerprint density at radius 1 is 1.26 bits per heavy atom. The molecule has 1 aliphatic rings. The van der Waals surface area contributed by atoms with E-state index in [1.807, 2.05) is 48.4 Å². The number of nitrogens with two attached hydrogens (primary N) is 1. The van der Waals surface area contributed by atoms with Crippen LogP contribution in [0.2, 0.25) is 0 Å². The van der Waals surface area contributed by atoms with Crippen molar-refractivity contribution in [1.82, 2.24) is 19.6 Å². The normalized spacial score (nSPS) is 21.2. The minimum Gasteiger partial charge on any atom is -0.350 e. The van der Waals surface area contributed by atoms with E-state index in [0.717, 1.165) is 18.4 Å². The third-order valence-electron chi connectivity index (χ3n) is 6.14. The summed E-state index contributed by atoms with van der Waals surface area (Å²) in [5.74, 6) is 0.120. The number of imidazole rings is 1. The van der Waals surface area contributed by atoms with E-state index >= 15 is 0 Å². The molecule has 7 nitrogen and oxygen atoms in total. The molecule has 0 bridgehead atoms. The number of hydrogen-bond donors (Lipinski definition) is 2. The number of amides is 2. The van der Waals surface area contributed by atoms with Crippen molar-refractivity contribution in [3.8, 4) is 0 Å². The maximum Gasteiger partial charge on any atom is 0.256 e. The van der Waals surface area contributed by atoms with Gasteiger partial charge in [-0.2, -0.15) is 0 Å². The first-order valence-corrected chi connectivity index (χ1v) is 11.1. The van der Waals surface area contributed by atoms with E-state index in [-0.39, 0.29) is 28.7 Å². The van der Waals surface area contributed by atoms with Crippen LogP contribution in [0.25, 0.3) is 5.52 Å². The lowest BCUT2D eigenvalue weighted by Gasteiger charge is -2.42. The number of pyridine rings is 1. The molecule has 3 N–H and O–H groups in total. The standard InChI is InChI=1S/C24H37N5O2/c1-23(2,3)12-16-9-11-28(14-18(16)27-21(30)20(25)24(4,5)6)22(31)17-8-7-10-29-15-26-13-19(17)29/h7-8,10,13,15-16,18,20H,9,11-12,14,25H2,1-6H3,(H,27,30)/t16-,18?,20+/m0/s1. The molecule has 0 saturated carbocycles. The maximum atomic E-state index is 13.4. The highest BCUT2D eigenvalue weighted by atomic mass is 16.2. The summed E-state index contributed by atoms with van der Waals surface area (Å²) in [7, 11) is 0. The molecule has 2 aromatic rings. The van der Waals surface area contributed by atoms with Gasteiger partial charge in [-0.05, 0) is 41.7 Å². The lowest BCUT2D eigenvalue weighted by atomic mass is 9.77. The Hall–Kier alpha value is -2.41. The lowest BCUT2D eigenvalue weighted by molar-refractivity contribution is -0.126. The van der Waals surface area contributed by atoms with E-state index in [0.29, 0.717) is 24.6 Å². The van der Waals surface area contributed by atoms with Gasteiger partial charge in [-0.15, -0.1) is 0 Å². The predicted octanol–water partition coefficient (Wildman–Crippen LogP) is 3.09. The van der Waals surface area contributed by atoms with Gasteiger partial charge in [-0.1, -0.05) is 41.5 Å². The summed E-state index contributed by atoms with van der Waals surface area (Å²) in [5, 5.41) is 3.19. The fraction of sp³-hybridized carbons (Fsp3) is 0.625. The zero-order valence-corrected chi connectivity index (χ0v) is 19.7. The van der Waals surface area contributed by atoms with Gasteiger partial charge in [0.2, 0.25) is 5.91 Å². The van der Waals surface area contributed by atoms with E-state index in [2.05, 4.69) is 31.1 Å². The van der Waals surface area contributed by atoms with Crippen molar-refractivity contribution in [3.05, 3.63) is 36.4 Å². The third-order valence-corrected chi connectivity index (χ3v) is 6.14. The number of carbonyl (C=O) groups excluding carboxylic acids is 2. The van der Waals surface area contributed by atoms with Gasteiger partial charge in [-0.25, -0.2) is 4.98 Å². The third kappa shape index (κ3) is 5.45. The van der Waals surface area contributed by atoms with Crippen molar-refractivity contribution >= 4 is 17.3 Å². The molecule has 31 heavy (non-hydrogen) atoms. The SMILES string of the molecule is CC(C)(C)C[C@@H]1CCN(C(=O)c2cccn3cncc23)CC1NC(=O)[C@@H](N)C(C)(C)C. The van der Waals surface area contributed by atoms with Gasteiger partial charge in [0.05, 0.1) is 29.6 Å². The number of nitrogens with zero attached hydrogens (tertiary/aromatic N) is 3. The Kier molecular flexibility index (Phi) is 6.46. The molecule has 3 rings (SSSR count). The van der Waals surface area contributed by atoms with Gasteiger partial charge in [0.1, 0.15) is 0 Å². The number of nitrogens with one attached hydrogen (secondary N) is 1. The number of fused-ring (bicyclic) bond motifs is 1. The van der Waals surface area contributed by atoms with Crippen LogP contribution in [0.3, 0.4) is 0 Å². The Balaban J connectivity index is 1.81. The van der Waals surface area contributed by atoms with Crippen molar-refractivity contribution in [2.75, 3.05) is 13.1 Å². The average molecular weight is 428 g/mol. The van der Waals surface area contributed by atoms with Crippen LogP contribution in [0, 0.1) is 16.7 Å². The first-order chi connectivity index (χ1) is 14.4. The molecule has 3 atom stereocenters. The smallest absolute Gasteiger partial charge is 0.256 e. The second kappa shape index (κ2) is 8.61. The highest BCUT2D eigenvalue weighted by Crippen LogP contribution is 2.32. The molecule has 1 saturated heterocycles. The van der Waals surface area contributed by atoms with Gasteiger partial charge in [-0.3, -0.25) is 9.59 Å². The highest BCUT2D eigenvalue weighted by molar-refractivity contribution is 6.00. The van der Waals surface area contributed by atoms with Crippen LogP contribution in [0.1, 0.15) is 64.7 Å². The Labute approximate surface area is 185 Å². The maximum absolute atomic E-state index is 13.4. The summed E-state index contributed by atoms with van der Waals surface area (Å²) in [5.41, 5.74) is 7.45. The van der Waals surface area contributed by atoms with E-state index in [9.17, 15) is 9.59 Å². The fourth-order valence-electron chi connectivity index (χ4n) is 4.35. The van der Waals surface area contributed by atoms with Crippen molar-refractivity contribution in [1.29, 1.82) is 0 Å². The van der Waals surface area contributed by atoms with Crippen LogP contribution in [0.15, 0.2) is 30.9 Å². The highest BCUT2D eigenvalue weighted by Gasteiger charge is 2.37. The summed E-state index contributed by atoms with van der Waals surface area (Å²) in [4.78, 5) is 32.3. The Morgan fingerprint density at radius 3 is 2.61 bits per heavy atom. The predicted molar refractivity (Wildman–Crippen MR) is 123 cm³/mol. The Bertz CT molecular complexity index is 937. The molecule has 0 radical (unpaired) electrons. The minimum atomic E-state index is -0.602. The minimum absolute atomic E-state index is 0.0281. The number of likely N-dealkylation sites (tertiary alicyclic amines) is 1. The van der Waals surface area contributed by atoms with Crippen molar-refractivity contribution in [2.24, 2.45) is 22.5 Å². The number of carbonyl (C=O) groups is 2. The molecule has 1 unspecified atom stereocenters. The molecule has 7 heteroatoms. The second-order valence-corrected chi connectivity index (χ2v) is 11.1. The molecule has 3 heterocycles. The number of aromatic nitrogens is 2. The number of hydrogen-bond acceptors (Lipinski definition) is 4. The zero-order chi connectivity index (χ0) is 23.0. The molecule has 0 aromatic carbocycles. The number of piperidine rings is 1. The van der Waals surface area contributed by atoms with Crippen LogP contribution >= 0.6 is 0 Å². The van der Waals surface area contributed by atoms with Crippen molar-refractivity contribution < 1.29 is 9.59 Å². The van der Waals surface area contributed by atoms with Crippen molar-refractivity contribution in [2.45, 2.75) is 66.5 Å². The zero-order valence-electron chi connectivity index (χ0n) is 19.7. The molecular formula is C24H37N5O2. The summed E-state index contributed by atoms with van der Waals surface area (Å²) < 4.78 is 1.85. The van der Waals surface area contributed by atoms with Crippen molar-refractivity contribution in [3.63, 3.8) is 0 Å². The van der Waals surface area contributed by atoms with Crippen LogP contribution in [0.5, 0.6) is 0 Å². The second-order valence-electron chi connectivity index (χ2n) is 11.1. The molecule has 0 spiro atoms. The molecule has 2 aromatic heterocycles. The van der Waals surface area contributed by atoms with Gasteiger partial charge >= 0.3 is 0 Å². The van der Waals surface area contributed by atoms with Crippen LogP contribution < -0.4 is 11.1 Å². The first kappa shape index (κ1) is 23.3. The van der Waals surface area contributed by atoms with Crippen LogP contribution in [-0.2, 0) is 4.79 Å². The van der Waals surface area contributed by atoms with Gasteiger partial charge in [0.25, 0.3) is 5.91 Å². The Morgan fingerprint density at radius 2 is 1.97 bits per heavy atom. The summed E-state index contributed by atoms with van der Waals surface area (Å²) in [6.45, 7) is 13.7. The first-order valence-electron chi connectivity index (χ1n) is 11.1. The molecule has 1 aliphatic heterocycles. The summed E-state index contributed by atoms with van der Waals surface area (Å²) >= 11 is 0. The fourth-order valence-corrected chi connectivity index (χ4v) is 4.35. The van der Waals surface area contributed by atoms with Crippen LogP contribution in [-0.4, -0.2) is 51.3 Å². The lowest BCUT2D eigenvalue weighted by Crippen LogP contribution is -2.59. The molecule has 170 valence electrons. The topological polar surface area (TPSA) is 92.7 Å². The molecular weight excluding hydrogens is 390 g/mol. The summed E-state index contributed by atoms with van der Waals surface area (Å²) in [6, 6.07) is 2.97. The molecule has 2 amide bonds. The largest absolute Gasteiger partial charge is 0.350 e.